The molecule has 0 bridgehead atoms. The van der Waals surface area contributed by atoms with Crippen LogP contribution in [0.3, 0.4) is 0 Å². The van der Waals surface area contributed by atoms with Crippen molar-refractivity contribution in [3.63, 3.8) is 0 Å². The van der Waals surface area contributed by atoms with Gasteiger partial charge in [0.15, 0.2) is 0 Å². The molecule has 0 spiro atoms. The lowest BCUT2D eigenvalue weighted by Gasteiger charge is -2.20. The summed E-state index contributed by atoms with van der Waals surface area (Å²) in [4.78, 5) is 13.0. The van der Waals surface area contributed by atoms with E-state index < -0.39 is 5.97 Å². The third-order valence-electron chi connectivity index (χ3n) is 3.81. The standard InChI is InChI=1S/C15H19BrFNO2/c16-13-4-3-12(14(17)9-13)10-18-6-1-2-11(5-7-18)8-15(19)20/h3-4,9,11H,1-2,5-8,10H2,(H,19,20). The Hall–Kier alpha value is -0.940. The van der Waals surface area contributed by atoms with E-state index in [4.69, 9.17) is 5.11 Å². The molecule has 0 aliphatic carbocycles. The van der Waals surface area contributed by atoms with Crippen LogP contribution in [0.5, 0.6) is 0 Å². The molecule has 1 heterocycles. The molecule has 3 nitrogen and oxygen atoms in total. The van der Waals surface area contributed by atoms with Gasteiger partial charge in [-0.1, -0.05) is 22.0 Å². The minimum absolute atomic E-state index is 0.189. The average molecular weight is 344 g/mol. The number of likely N-dealkylation sites (tertiary alicyclic amines) is 1. The summed E-state index contributed by atoms with van der Waals surface area (Å²) in [6.07, 6.45) is 3.06. The largest absolute Gasteiger partial charge is 0.481 e. The fourth-order valence-corrected chi connectivity index (χ4v) is 3.06. The number of benzene rings is 1. The molecule has 1 aromatic carbocycles. The molecule has 1 saturated heterocycles. The van der Waals surface area contributed by atoms with Crippen molar-refractivity contribution in [2.75, 3.05) is 13.1 Å². The summed E-state index contributed by atoms with van der Waals surface area (Å²) in [6.45, 7) is 2.35. The third-order valence-corrected chi connectivity index (χ3v) is 4.31. The predicted molar refractivity (Wildman–Crippen MR) is 79.0 cm³/mol. The van der Waals surface area contributed by atoms with Gasteiger partial charge in [-0.3, -0.25) is 9.69 Å². The molecule has 0 radical (unpaired) electrons. The molecule has 1 aliphatic heterocycles. The van der Waals surface area contributed by atoms with Crippen LogP contribution in [0.15, 0.2) is 22.7 Å². The van der Waals surface area contributed by atoms with Crippen molar-refractivity contribution < 1.29 is 14.3 Å². The molecule has 1 unspecified atom stereocenters. The Morgan fingerprint density at radius 3 is 2.90 bits per heavy atom. The van der Waals surface area contributed by atoms with Crippen molar-refractivity contribution in [3.05, 3.63) is 34.1 Å². The number of nitrogens with zero attached hydrogens (tertiary/aromatic N) is 1. The quantitative estimate of drug-likeness (QED) is 0.906. The maximum absolute atomic E-state index is 13.8. The van der Waals surface area contributed by atoms with Crippen LogP contribution in [-0.4, -0.2) is 29.1 Å². The molecule has 110 valence electrons. The number of hydrogen-bond donors (Lipinski definition) is 1. The summed E-state index contributed by atoms with van der Waals surface area (Å²) in [5, 5.41) is 8.85. The molecule has 20 heavy (non-hydrogen) atoms. The van der Waals surface area contributed by atoms with E-state index in [2.05, 4.69) is 20.8 Å². The van der Waals surface area contributed by atoms with E-state index in [1.807, 2.05) is 6.07 Å². The Balaban J connectivity index is 1.92. The fraction of sp³-hybridized carbons (Fsp3) is 0.533. The number of carboxylic acids is 1. The second-order valence-electron chi connectivity index (χ2n) is 5.41. The van der Waals surface area contributed by atoms with Gasteiger partial charge in [-0.25, -0.2) is 4.39 Å². The van der Waals surface area contributed by atoms with Gasteiger partial charge in [-0.05, 0) is 50.4 Å². The van der Waals surface area contributed by atoms with Crippen molar-refractivity contribution in [1.82, 2.24) is 4.90 Å². The summed E-state index contributed by atoms with van der Waals surface area (Å²) in [6, 6.07) is 5.14. The Bertz CT molecular complexity index is 481. The van der Waals surface area contributed by atoms with E-state index in [0.29, 0.717) is 12.1 Å². The average Bonchev–Trinajstić information content (AvgIpc) is 2.58. The zero-order valence-corrected chi connectivity index (χ0v) is 12.9. The van der Waals surface area contributed by atoms with Gasteiger partial charge in [0.05, 0.1) is 0 Å². The van der Waals surface area contributed by atoms with Gasteiger partial charge in [0.25, 0.3) is 0 Å². The highest BCUT2D eigenvalue weighted by molar-refractivity contribution is 9.10. The molecule has 5 heteroatoms. The number of carbonyl (C=O) groups is 1. The lowest BCUT2D eigenvalue weighted by molar-refractivity contribution is -0.138. The topological polar surface area (TPSA) is 40.5 Å². The first-order valence-corrected chi connectivity index (χ1v) is 7.72. The highest BCUT2D eigenvalue weighted by atomic mass is 79.9. The summed E-state index contributed by atoms with van der Waals surface area (Å²) in [7, 11) is 0. The number of halogens is 2. The zero-order valence-electron chi connectivity index (χ0n) is 11.3. The van der Waals surface area contributed by atoms with Crippen LogP contribution in [0.2, 0.25) is 0 Å². The van der Waals surface area contributed by atoms with Crippen LogP contribution >= 0.6 is 15.9 Å². The lowest BCUT2D eigenvalue weighted by atomic mass is 9.97. The molecule has 1 aliphatic rings. The Morgan fingerprint density at radius 2 is 2.20 bits per heavy atom. The SMILES string of the molecule is O=C(O)CC1CCCN(Cc2ccc(Br)cc2F)CC1. The van der Waals surface area contributed by atoms with Crippen LogP contribution in [0.25, 0.3) is 0 Å². The smallest absolute Gasteiger partial charge is 0.303 e. The maximum atomic E-state index is 13.8. The van der Waals surface area contributed by atoms with Gasteiger partial charge < -0.3 is 5.11 Å². The number of hydrogen-bond acceptors (Lipinski definition) is 2. The zero-order chi connectivity index (χ0) is 14.5. The van der Waals surface area contributed by atoms with Gasteiger partial charge in [0, 0.05) is 23.0 Å². The summed E-state index contributed by atoms with van der Waals surface area (Å²) in [5.41, 5.74) is 0.699. The molecule has 1 aromatic rings. The van der Waals surface area contributed by atoms with Crippen molar-refractivity contribution >= 4 is 21.9 Å². The van der Waals surface area contributed by atoms with Crippen molar-refractivity contribution in [3.8, 4) is 0 Å². The van der Waals surface area contributed by atoms with Crippen molar-refractivity contribution in [2.45, 2.75) is 32.2 Å². The summed E-state index contributed by atoms with van der Waals surface area (Å²) >= 11 is 3.26. The molecule has 0 aromatic heterocycles. The molecule has 2 rings (SSSR count). The second-order valence-corrected chi connectivity index (χ2v) is 6.32. The van der Waals surface area contributed by atoms with Crippen LogP contribution in [-0.2, 0) is 11.3 Å². The first-order chi connectivity index (χ1) is 9.54. The van der Waals surface area contributed by atoms with Crippen LogP contribution in [0, 0.1) is 11.7 Å². The van der Waals surface area contributed by atoms with Crippen molar-refractivity contribution in [1.29, 1.82) is 0 Å². The highest BCUT2D eigenvalue weighted by Crippen LogP contribution is 2.23. The predicted octanol–water partition coefficient (Wildman–Crippen LogP) is 3.67. The minimum Gasteiger partial charge on any atom is -0.481 e. The van der Waals surface area contributed by atoms with E-state index in [9.17, 15) is 9.18 Å². The molecule has 1 N–H and O–H groups in total. The van der Waals surface area contributed by atoms with E-state index >= 15 is 0 Å². The number of rotatable bonds is 4. The van der Waals surface area contributed by atoms with Crippen LogP contribution in [0.1, 0.15) is 31.2 Å². The first-order valence-electron chi connectivity index (χ1n) is 6.92. The number of carboxylic acid groups (broad SMARTS) is 1. The summed E-state index contributed by atoms with van der Waals surface area (Å²) in [5.74, 6) is -0.652. The van der Waals surface area contributed by atoms with Crippen LogP contribution in [0.4, 0.5) is 4.39 Å². The van der Waals surface area contributed by atoms with Gasteiger partial charge in [-0.15, -0.1) is 0 Å². The van der Waals surface area contributed by atoms with Gasteiger partial charge in [0.1, 0.15) is 5.82 Å². The molecular formula is C15H19BrFNO2. The maximum Gasteiger partial charge on any atom is 0.303 e. The van der Waals surface area contributed by atoms with Crippen molar-refractivity contribution in [2.24, 2.45) is 5.92 Å². The monoisotopic (exact) mass is 343 g/mol. The van der Waals surface area contributed by atoms with E-state index in [1.165, 1.54) is 6.07 Å². The molecule has 1 fully saturated rings. The second kappa shape index (κ2) is 7.18. The van der Waals surface area contributed by atoms with Gasteiger partial charge in [0.2, 0.25) is 0 Å². The van der Waals surface area contributed by atoms with E-state index in [0.717, 1.165) is 36.8 Å². The fourth-order valence-electron chi connectivity index (χ4n) is 2.72. The van der Waals surface area contributed by atoms with E-state index in [-0.39, 0.29) is 18.2 Å². The number of aliphatic carboxylic acids is 1. The molecule has 0 saturated carbocycles. The normalized spacial score (nSPS) is 20.6. The Labute approximate surface area is 126 Å². The first kappa shape index (κ1) is 15.4. The van der Waals surface area contributed by atoms with Gasteiger partial charge in [-0.2, -0.15) is 0 Å². The molecular weight excluding hydrogens is 325 g/mol. The molecule has 1 atom stereocenters. The minimum atomic E-state index is -0.720. The molecule has 0 amide bonds. The Kier molecular flexibility index (Phi) is 5.54. The lowest BCUT2D eigenvalue weighted by Crippen LogP contribution is -2.25. The Morgan fingerprint density at radius 1 is 1.40 bits per heavy atom. The van der Waals surface area contributed by atoms with Crippen LogP contribution < -0.4 is 0 Å². The highest BCUT2D eigenvalue weighted by Gasteiger charge is 2.20. The van der Waals surface area contributed by atoms with Gasteiger partial charge >= 0.3 is 5.97 Å². The van der Waals surface area contributed by atoms with E-state index in [1.54, 1.807) is 6.07 Å². The third kappa shape index (κ3) is 4.56. The summed E-state index contributed by atoms with van der Waals surface area (Å²) < 4.78 is 14.6.